The molecule has 5 nitrogen and oxygen atoms in total. The smallest absolute Gasteiger partial charge is 0.226 e. The van der Waals surface area contributed by atoms with Crippen molar-refractivity contribution in [1.29, 1.82) is 0 Å². The standard InChI is InChI=1S/C15H24N2O3/c1-11(15(19-4)20-5)16-13-8-6-12(7-9-13)10-14(18)17(2)3/h6-9,11,15-16H,10H2,1-5H3. The summed E-state index contributed by atoms with van der Waals surface area (Å²) >= 11 is 0. The molecule has 0 saturated carbocycles. The lowest BCUT2D eigenvalue weighted by Crippen LogP contribution is -2.33. The number of rotatable bonds is 7. The Morgan fingerprint density at radius 3 is 2.20 bits per heavy atom. The monoisotopic (exact) mass is 280 g/mol. The number of anilines is 1. The van der Waals surface area contributed by atoms with E-state index < -0.39 is 0 Å². The second-order valence-electron chi connectivity index (χ2n) is 4.93. The molecular formula is C15H24N2O3. The molecule has 1 aromatic rings. The molecule has 0 fully saturated rings. The third-order valence-electron chi connectivity index (χ3n) is 3.08. The summed E-state index contributed by atoms with van der Waals surface area (Å²) in [5.74, 6) is 0.0953. The molecule has 5 heteroatoms. The first-order chi connectivity index (χ1) is 9.47. The topological polar surface area (TPSA) is 50.8 Å². The molecule has 0 aromatic heterocycles. The van der Waals surface area contributed by atoms with Gasteiger partial charge in [0, 0.05) is 34.0 Å². The van der Waals surface area contributed by atoms with Crippen LogP contribution in [0.15, 0.2) is 24.3 Å². The van der Waals surface area contributed by atoms with E-state index in [1.54, 1.807) is 33.2 Å². The van der Waals surface area contributed by atoms with Crippen LogP contribution in [0.3, 0.4) is 0 Å². The van der Waals surface area contributed by atoms with E-state index in [0.29, 0.717) is 6.42 Å². The molecule has 0 saturated heterocycles. The molecule has 0 aliphatic rings. The molecule has 112 valence electrons. The Morgan fingerprint density at radius 1 is 1.20 bits per heavy atom. The van der Waals surface area contributed by atoms with Gasteiger partial charge >= 0.3 is 0 Å². The van der Waals surface area contributed by atoms with E-state index >= 15 is 0 Å². The molecular weight excluding hydrogens is 256 g/mol. The largest absolute Gasteiger partial charge is 0.377 e. The molecule has 1 atom stereocenters. The van der Waals surface area contributed by atoms with Crippen molar-refractivity contribution in [3.63, 3.8) is 0 Å². The van der Waals surface area contributed by atoms with Crippen molar-refractivity contribution in [3.05, 3.63) is 29.8 Å². The van der Waals surface area contributed by atoms with E-state index in [1.807, 2.05) is 31.2 Å². The van der Waals surface area contributed by atoms with Crippen molar-refractivity contribution in [2.45, 2.75) is 25.7 Å². The van der Waals surface area contributed by atoms with Crippen molar-refractivity contribution >= 4 is 11.6 Å². The average Bonchev–Trinajstić information content (AvgIpc) is 2.42. The first-order valence-corrected chi connectivity index (χ1v) is 6.59. The van der Waals surface area contributed by atoms with Crippen LogP contribution in [0.2, 0.25) is 0 Å². The number of carbonyl (C=O) groups excluding carboxylic acids is 1. The number of hydrogen-bond donors (Lipinski definition) is 1. The number of amides is 1. The quantitative estimate of drug-likeness (QED) is 0.773. The molecule has 1 amide bonds. The summed E-state index contributed by atoms with van der Waals surface area (Å²) in [5.41, 5.74) is 1.97. The van der Waals surface area contributed by atoms with Crippen LogP contribution in [0.5, 0.6) is 0 Å². The van der Waals surface area contributed by atoms with E-state index in [0.717, 1.165) is 11.3 Å². The molecule has 1 rings (SSSR count). The van der Waals surface area contributed by atoms with Crippen LogP contribution in [0.1, 0.15) is 12.5 Å². The SMILES string of the molecule is COC(OC)C(C)Nc1ccc(CC(=O)N(C)C)cc1. The van der Waals surface area contributed by atoms with Crippen LogP contribution in [0, 0.1) is 0 Å². The second kappa shape index (κ2) is 7.87. The first-order valence-electron chi connectivity index (χ1n) is 6.59. The van der Waals surface area contributed by atoms with Gasteiger partial charge in [-0.1, -0.05) is 12.1 Å². The summed E-state index contributed by atoms with van der Waals surface area (Å²) < 4.78 is 10.4. The zero-order valence-electron chi connectivity index (χ0n) is 12.8. The first kappa shape index (κ1) is 16.5. The Hall–Kier alpha value is -1.59. The molecule has 1 unspecified atom stereocenters. The Labute approximate surface area is 120 Å². The van der Waals surface area contributed by atoms with E-state index in [9.17, 15) is 4.79 Å². The summed E-state index contributed by atoms with van der Waals surface area (Å²) in [6, 6.07) is 7.84. The number of ether oxygens (including phenoxy) is 2. The summed E-state index contributed by atoms with van der Waals surface area (Å²) in [7, 11) is 6.75. The maximum Gasteiger partial charge on any atom is 0.226 e. The number of likely N-dealkylation sites (N-methyl/N-ethyl adjacent to an activating group) is 1. The number of benzene rings is 1. The lowest BCUT2D eigenvalue weighted by molar-refractivity contribution is -0.127. The molecule has 0 radical (unpaired) electrons. The predicted molar refractivity (Wildman–Crippen MR) is 79.7 cm³/mol. The van der Waals surface area contributed by atoms with Gasteiger partial charge in [-0.05, 0) is 24.6 Å². The summed E-state index contributed by atoms with van der Waals surface area (Å²) in [6.07, 6.45) is 0.117. The molecule has 0 heterocycles. The summed E-state index contributed by atoms with van der Waals surface area (Å²) in [4.78, 5) is 13.2. The number of hydrogen-bond acceptors (Lipinski definition) is 4. The highest BCUT2D eigenvalue weighted by Gasteiger charge is 2.15. The van der Waals surface area contributed by atoms with Gasteiger partial charge in [-0.3, -0.25) is 4.79 Å². The second-order valence-corrected chi connectivity index (χ2v) is 4.93. The van der Waals surface area contributed by atoms with Crippen LogP contribution >= 0.6 is 0 Å². The fraction of sp³-hybridized carbons (Fsp3) is 0.533. The average molecular weight is 280 g/mol. The van der Waals surface area contributed by atoms with Crippen LogP contribution in [0.25, 0.3) is 0 Å². The van der Waals surface area contributed by atoms with Gasteiger partial charge in [-0.25, -0.2) is 0 Å². The van der Waals surface area contributed by atoms with Gasteiger partial charge in [0.05, 0.1) is 12.5 Å². The number of nitrogens with zero attached hydrogens (tertiary/aromatic N) is 1. The Bertz CT molecular complexity index is 414. The van der Waals surface area contributed by atoms with E-state index in [-0.39, 0.29) is 18.2 Å². The normalized spacial score (nSPS) is 12.3. The minimum atomic E-state index is -0.301. The van der Waals surface area contributed by atoms with Crippen LogP contribution in [-0.4, -0.2) is 51.5 Å². The molecule has 1 N–H and O–H groups in total. The molecule has 0 aliphatic carbocycles. The minimum absolute atomic E-state index is 0.0271. The van der Waals surface area contributed by atoms with E-state index in [2.05, 4.69) is 5.32 Å². The van der Waals surface area contributed by atoms with Crippen molar-refractivity contribution < 1.29 is 14.3 Å². The zero-order valence-corrected chi connectivity index (χ0v) is 12.8. The molecule has 1 aromatic carbocycles. The highest BCUT2D eigenvalue weighted by molar-refractivity contribution is 5.78. The fourth-order valence-electron chi connectivity index (χ4n) is 1.89. The molecule has 20 heavy (non-hydrogen) atoms. The van der Waals surface area contributed by atoms with Crippen LogP contribution < -0.4 is 5.32 Å². The Kier molecular flexibility index (Phi) is 6.48. The van der Waals surface area contributed by atoms with Crippen molar-refractivity contribution in [1.82, 2.24) is 4.90 Å². The van der Waals surface area contributed by atoms with Crippen molar-refractivity contribution in [3.8, 4) is 0 Å². The lowest BCUT2D eigenvalue weighted by Gasteiger charge is -2.23. The highest BCUT2D eigenvalue weighted by Crippen LogP contribution is 2.13. The number of methoxy groups -OCH3 is 2. The van der Waals surface area contributed by atoms with Gasteiger partial charge in [0.2, 0.25) is 5.91 Å². The molecule has 0 spiro atoms. The predicted octanol–water partition coefficient (Wildman–Crippen LogP) is 1.74. The lowest BCUT2D eigenvalue weighted by atomic mass is 10.1. The maximum absolute atomic E-state index is 11.6. The summed E-state index contributed by atoms with van der Waals surface area (Å²) in [6.45, 7) is 1.99. The highest BCUT2D eigenvalue weighted by atomic mass is 16.7. The number of nitrogens with one attached hydrogen (secondary N) is 1. The fourth-order valence-corrected chi connectivity index (χ4v) is 1.89. The third-order valence-corrected chi connectivity index (χ3v) is 3.08. The summed E-state index contributed by atoms with van der Waals surface area (Å²) in [5, 5.41) is 3.30. The number of carbonyl (C=O) groups is 1. The van der Waals surface area contributed by atoms with Gasteiger partial charge in [-0.15, -0.1) is 0 Å². The minimum Gasteiger partial charge on any atom is -0.377 e. The van der Waals surface area contributed by atoms with Gasteiger partial charge in [-0.2, -0.15) is 0 Å². The van der Waals surface area contributed by atoms with Crippen LogP contribution in [0.4, 0.5) is 5.69 Å². The van der Waals surface area contributed by atoms with Crippen molar-refractivity contribution in [2.75, 3.05) is 33.6 Å². The van der Waals surface area contributed by atoms with Crippen molar-refractivity contribution in [2.24, 2.45) is 0 Å². The Morgan fingerprint density at radius 2 is 1.75 bits per heavy atom. The van der Waals surface area contributed by atoms with E-state index in [4.69, 9.17) is 9.47 Å². The van der Waals surface area contributed by atoms with Gasteiger partial charge < -0.3 is 19.7 Å². The Balaban J connectivity index is 2.60. The third kappa shape index (κ3) is 4.83. The maximum atomic E-state index is 11.6. The van der Waals surface area contributed by atoms with Gasteiger partial charge in [0.15, 0.2) is 6.29 Å². The van der Waals surface area contributed by atoms with Gasteiger partial charge in [0.25, 0.3) is 0 Å². The van der Waals surface area contributed by atoms with Gasteiger partial charge in [0.1, 0.15) is 0 Å². The molecule has 0 bridgehead atoms. The van der Waals surface area contributed by atoms with Crippen LogP contribution in [-0.2, 0) is 20.7 Å². The van der Waals surface area contributed by atoms with E-state index in [1.165, 1.54) is 0 Å². The molecule has 0 aliphatic heterocycles. The zero-order chi connectivity index (χ0) is 15.1.